The SMILES string of the molecule is CCC1OC(CC)C(OC)C1OC. The van der Waals surface area contributed by atoms with Crippen molar-refractivity contribution in [1.82, 2.24) is 0 Å². The number of ether oxygens (including phenoxy) is 3. The predicted octanol–water partition coefficient (Wildman–Crippen LogP) is 1.60. The lowest BCUT2D eigenvalue weighted by Crippen LogP contribution is -2.35. The molecule has 0 radical (unpaired) electrons. The molecule has 4 unspecified atom stereocenters. The van der Waals surface area contributed by atoms with Gasteiger partial charge < -0.3 is 14.2 Å². The smallest absolute Gasteiger partial charge is 0.112 e. The van der Waals surface area contributed by atoms with Crippen LogP contribution in [0.3, 0.4) is 0 Å². The Morgan fingerprint density at radius 2 is 1.31 bits per heavy atom. The van der Waals surface area contributed by atoms with Crippen LogP contribution in [0.2, 0.25) is 0 Å². The van der Waals surface area contributed by atoms with E-state index in [1.54, 1.807) is 14.2 Å². The van der Waals surface area contributed by atoms with Gasteiger partial charge in [-0.1, -0.05) is 13.8 Å². The van der Waals surface area contributed by atoms with Crippen LogP contribution in [0.4, 0.5) is 0 Å². The summed E-state index contributed by atoms with van der Waals surface area (Å²) in [5.74, 6) is 0. The molecule has 0 aromatic heterocycles. The summed E-state index contributed by atoms with van der Waals surface area (Å²) in [6.45, 7) is 4.23. The first-order chi connectivity index (χ1) is 6.28. The number of hydrogen-bond acceptors (Lipinski definition) is 3. The van der Waals surface area contributed by atoms with E-state index >= 15 is 0 Å². The third-order valence-electron chi connectivity index (χ3n) is 2.76. The van der Waals surface area contributed by atoms with Crippen molar-refractivity contribution in [2.24, 2.45) is 0 Å². The Kier molecular flexibility index (Phi) is 4.16. The second-order valence-electron chi connectivity index (χ2n) is 3.43. The van der Waals surface area contributed by atoms with Crippen molar-refractivity contribution in [3.8, 4) is 0 Å². The molecule has 78 valence electrons. The topological polar surface area (TPSA) is 27.7 Å². The van der Waals surface area contributed by atoms with Crippen molar-refractivity contribution in [2.75, 3.05) is 14.2 Å². The standard InChI is InChI=1S/C10H20O3/c1-5-7-9(11-3)10(12-4)8(6-2)13-7/h7-10H,5-6H2,1-4H3. The highest BCUT2D eigenvalue weighted by atomic mass is 16.6. The van der Waals surface area contributed by atoms with E-state index in [0.717, 1.165) is 12.8 Å². The lowest BCUT2D eigenvalue weighted by Gasteiger charge is -2.20. The summed E-state index contributed by atoms with van der Waals surface area (Å²) in [7, 11) is 3.45. The van der Waals surface area contributed by atoms with Crippen molar-refractivity contribution >= 4 is 0 Å². The molecule has 1 saturated heterocycles. The van der Waals surface area contributed by atoms with Gasteiger partial charge in [0.25, 0.3) is 0 Å². The molecule has 0 N–H and O–H groups in total. The summed E-state index contributed by atoms with van der Waals surface area (Å²) < 4.78 is 16.6. The lowest BCUT2D eigenvalue weighted by atomic mass is 10.0. The van der Waals surface area contributed by atoms with Gasteiger partial charge in [0, 0.05) is 14.2 Å². The van der Waals surface area contributed by atoms with E-state index in [4.69, 9.17) is 14.2 Å². The van der Waals surface area contributed by atoms with E-state index in [2.05, 4.69) is 13.8 Å². The third-order valence-corrected chi connectivity index (χ3v) is 2.76. The molecule has 1 rings (SSSR count). The van der Waals surface area contributed by atoms with Crippen molar-refractivity contribution in [1.29, 1.82) is 0 Å². The van der Waals surface area contributed by atoms with Gasteiger partial charge in [0.2, 0.25) is 0 Å². The van der Waals surface area contributed by atoms with E-state index in [-0.39, 0.29) is 24.4 Å². The van der Waals surface area contributed by atoms with Gasteiger partial charge in [-0.05, 0) is 12.8 Å². The van der Waals surface area contributed by atoms with E-state index < -0.39 is 0 Å². The molecule has 3 heteroatoms. The van der Waals surface area contributed by atoms with Crippen LogP contribution in [-0.4, -0.2) is 38.6 Å². The van der Waals surface area contributed by atoms with Gasteiger partial charge in [-0.25, -0.2) is 0 Å². The Morgan fingerprint density at radius 3 is 1.54 bits per heavy atom. The Hall–Kier alpha value is -0.120. The fourth-order valence-corrected chi connectivity index (χ4v) is 2.03. The van der Waals surface area contributed by atoms with Gasteiger partial charge in [0.05, 0.1) is 12.2 Å². The van der Waals surface area contributed by atoms with Crippen LogP contribution >= 0.6 is 0 Å². The molecule has 13 heavy (non-hydrogen) atoms. The minimum absolute atomic E-state index is 0.0972. The van der Waals surface area contributed by atoms with Crippen molar-refractivity contribution in [3.63, 3.8) is 0 Å². The Bertz CT molecular complexity index is 133. The van der Waals surface area contributed by atoms with Gasteiger partial charge in [-0.3, -0.25) is 0 Å². The maximum absolute atomic E-state index is 5.82. The quantitative estimate of drug-likeness (QED) is 0.670. The molecule has 0 aromatic carbocycles. The summed E-state index contributed by atoms with van der Waals surface area (Å²) >= 11 is 0. The predicted molar refractivity (Wildman–Crippen MR) is 50.8 cm³/mol. The van der Waals surface area contributed by atoms with Gasteiger partial charge in [-0.15, -0.1) is 0 Å². The van der Waals surface area contributed by atoms with Crippen molar-refractivity contribution in [2.45, 2.75) is 51.1 Å². The first-order valence-corrected chi connectivity index (χ1v) is 4.99. The second kappa shape index (κ2) is 4.94. The molecule has 4 atom stereocenters. The van der Waals surface area contributed by atoms with Crippen LogP contribution in [0.25, 0.3) is 0 Å². The third kappa shape index (κ3) is 2.03. The molecule has 0 amide bonds. The fourth-order valence-electron chi connectivity index (χ4n) is 2.03. The largest absolute Gasteiger partial charge is 0.376 e. The average Bonchev–Trinajstić information content (AvgIpc) is 2.54. The van der Waals surface area contributed by atoms with E-state index in [9.17, 15) is 0 Å². The molecule has 0 aromatic rings. The van der Waals surface area contributed by atoms with E-state index in [1.807, 2.05) is 0 Å². The summed E-state index contributed by atoms with van der Waals surface area (Å²) in [6.07, 6.45) is 2.55. The monoisotopic (exact) mass is 188 g/mol. The molecule has 0 saturated carbocycles. The van der Waals surface area contributed by atoms with Crippen LogP contribution in [0, 0.1) is 0 Å². The highest BCUT2D eigenvalue weighted by molar-refractivity contribution is 4.91. The van der Waals surface area contributed by atoms with E-state index in [1.165, 1.54) is 0 Å². The van der Waals surface area contributed by atoms with Crippen molar-refractivity contribution < 1.29 is 14.2 Å². The molecule has 1 aliphatic heterocycles. The summed E-state index contributed by atoms with van der Waals surface area (Å²) in [4.78, 5) is 0. The molecule has 0 spiro atoms. The van der Waals surface area contributed by atoms with Crippen LogP contribution in [0.1, 0.15) is 26.7 Å². The van der Waals surface area contributed by atoms with Crippen LogP contribution in [0.15, 0.2) is 0 Å². The highest BCUT2D eigenvalue weighted by Crippen LogP contribution is 2.29. The van der Waals surface area contributed by atoms with Crippen LogP contribution < -0.4 is 0 Å². The summed E-state index contributed by atoms with van der Waals surface area (Å²) in [5.41, 5.74) is 0. The Labute approximate surface area is 80.4 Å². The van der Waals surface area contributed by atoms with Gasteiger partial charge >= 0.3 is 0 Å². The van der Waals surface area contributed by atoms with Crippen LogP contribution in [-0.2, 0) is 14.2 Å². The Balaban J connectivity index is 2.65. The van der Waals surface area contributed by atoms with Crippen molar-refractivity contribution in [3.05, 3.63) is 0 Å². The van der Waals surface area contributed by atoms with Gasteiger partial charge in [0.15, 0.2) is 0 Å². The maximum Gasteiger partial charge on any atom is 0.112 e. The molecule has 1 aliphatic rings. The maximum atomic E-state index is 5.82. The van der Waals surface area contributed by atoms with Gasteiger partial charge in [-0.2, -0.15) is 0 Å². The summed E-state index contributed by atoms with van der Waals surface area (Å²) in [6, 6.07) is 0. The fraction of sp³-hybridized carbons (Fsp3) is 1.00. The zero-order valence-corrected chi connectivity index (χ0v) is 8.95. The highest BCUT2D eigenvalue weighted by Gasteiger charge is 2.43. The molecule has 1 fully saturated rings. The minimum Gasteiger partial charge on any atom is -0.376 e. The normalized spacial score (nSPS) is 39.7. The molecule has 0 bridgehead atoms. The Morgan fingerprint density at radius 1 is 0.923 bits per heavy atom. The molecule has 1 heterocycles. The second-order valence-corrected chi connectivity index (χ2v) is 3.43. The van der Waals surface area contributed by atoms with E-state index in [0.29, 0.717) is 0 Å². The number of methoxy groups -OCH3 is 2. The number of hydrogen-bond donors (Lipinski definition) is 0. The first kappa shape index (κ1) is 11.0. The minimum atomic E-state index is 0.0972. The summed E-state index contributed by atoms with van der Waals surface area (Å²) in [5, 5.41) is 0. The molecule has 0 aliphatic carbocycles. The molecule has 3 nitrogen and oxygen atoms in total. The van der Waals surface area contributed by atoms with Crippen LogP contribution in [0.5, 0.6) is 0 Å². The zero-order valence-electron chi connectivity index (χ0n) is 8.95. The molecular weight excluding hydrogens is 168 g/mol. The van der Waals surface area contributed by atoms with Gasteiger partial charge in [0.1, 0.15) is 12.2 Å². The lowest BCUT2D eigenvalue weighted by molar-refractivity contribution is -0.0286. The zero-order chi connectivity index (χ0) is 9.84. The number of rotatable bonds is 4. The average molecular weight is 188 g/mol. The molecular formula is C10H20O3. The first-order valence-electron chi connectivity index (χ1n) is 4.99.